The fraction of sp³-hybridized carbons (Fsp3) is 0.375. The van der Waals surface area contributed by atoms with Crippen LogP contribution in [-0.2, 0) is 11.2 Å². The molecule has 6 heteroatoms. The van der Waals surface area contributed by atoms with Crippen LogP contribution in [0.2, 0.25) is 0 Å². The maximum Gasteiger partial charge on any atom is 0.237 e. The summed E-state index contributed by atoms with van der Waals surface area (Å²) in [6, 6.07) is 9.00. The molecule has 1 amide bonds. The molecule has 0 radical (unpaired) electrons. The summed E-state index contributed by atoms with van der Waals surface area (Å²) in [4.78, 5) is 14.1. The smallest absolute Gasteiger partial charge is 0.237 e. The first-order chi connectivity index (χ1) is 10.6. The van der Waals surface area contributed by atoms with Gasteiger partial charge in [0.15, 0.2) is 0 Å². The lowest BCUT2D eigenvalue weighted by Gasteiger charge is -2.31. The van der Waals surface area contributed by atoms with E-state index in [0.29, 0.717) is 12.2 Å². The Kier molecular flexibility index (Phi) is 4.75. The number of hydrogen-bond acceptors (Lipinski definition) is 5. The van der Waals surface area contributed by atoms with Gasteiger partial charge in [-0.15, -0.1) is 0 Å². The van der Waals surface area contributed by atoms with E-state index < -0.39 is 0 Å². The minimum atomic E-state index is -0.243. The molecule has 0 aliphatic carbocycles. The Balaban J connectivity index is 2.31. The fourth-order valence-corrected chi connectivity index (χ4v) is 2.38. The number of hydrazone groups is 1. The molecule has 1 aromatic carbocycles. The summed E-state index contributed by atoms with van der Waals surface area (Å²) in [7, 11) is 0. The highest BCUT2D eigenvalue weighted by Gasteiger charge is 2.24. The molecule has 0 fully saturated rings. The highest BCUT2D eigenvalue weighted by atomic mass is 16.2. The fourth-order valence-electron chi connectivity index (χ4n) is 2.38. The summed E-state index contributed by atoms with van der Waals surface area (Å²) in [6.45, 7) is 4.47. The molecule has 1 aliphatic rings. The van der Waals surface area contributed by atoms with E-state index in [9.17, 15) is 4.79 Å². The zero-order valence-corrected chi connectivity index (χ0v) is 12.6. The first-order valence-corrected chi connectivity index (χ1v) is 7.15. The SMILES string of the molecule is CC(C)C(=O)N1CCCc2ccc(NN=C(C#N)C#N)cc21. The van der Waals surface area contributed by atoms with Gasteiger partial charge in [-0.3, -0.25) is 10.2 Å². The molecule has 2 rings (SSSR count). The molecule has 1 heterocycles. The standard InChI is InChI=1S/C16H17N5O/c1-11(2)16(22)21-7-3-4-12-5-6-13(8-15(12)21)19-20-14(9-17)10-18/h5-6,8,11,19H,3-4,7H2,1-2H3. The van der Waals surface area contributed by atoms with Crippen LogP contribution in [0.25, 0.3) is 0 Å². The van der Waals surface area contributed by atoms with E-state index in [2.05, 4.69) is 10.5 Å². The van der Waals surface area contributed by atoms with E-state index in [1.807, 2.05) is 32.0 Å². The van der Waals surface area contributed by atoms with E-state index >= 15 is 0 Å². The number of fused-ring (bicyclic) bond motifs is 1. The second-order valence-electron chi connectivity index (χ2n) is 5.39. The number of benzene rings is 1. The quantitative estimate of drug-likeness (QED) is 0.684. The number of carbonyl (C=O) groups excluding carboxylic acids is 1. The second kappa shape index (κ2) is 6.73. The average Bonchev–Trinajstić information content (AvgIpc) is 2.54. The van der Waals surface area contributed by atoms with Crippen molar-refractivity contribution in [2.75, 3.05) is 16.9 Å². The number of nitriles is 2. The molecule has 1 aliphatic heterocycles. The number of aryl methyl sites for hydroxylation is 1. The monoisotopic (exact) mass is 295 g/mol. The Hall–Kier alpha value is -2.86. The van der Waals surface area contributed by atoms with Crippen LogP contribution in [-0.4, -0.2) is 18.2 Å². The van der Waals surface area contributed by atoms with Gasteiger partial charge in [-0.05, 0) is 30.5 Å². The van der Waals surface area contributed by atoms with Crippen LogP contribution in [0.3, 0.4) is 0 Å². The van der Waals surface area contributed by atoms with Crippen molar-refractivity contribution in [3.8, 4) is 12.1 Å². The van der Waals surface area contributed by atoms with Crippen molar-refractivity contribution in [2.24, 2.45) is 11.0 Å². The second-order valence-corrected chi connectivity index (χ2v) is 5.39. The lowest BCUT2D eigenvalue weighted by Crippen LogP contribution is -2.38. The normalized spacial score (nSPS) is 12.9. The number of nitrogens with one attached hydrogen (secondary N) is 1. The van der Waals surface area contributed by atoms with Crippen LogP contribution in [0, 0.1) is 28.6 Å². The zero-order valence-electron chi connectivity index (χ0n) is 12.6. The first kappa shape index (κ1) is 15.5. The van der Waals surface area contributed by atoms with E-state index in [4.69, 9.17) is 10.5 Å². The lowest BCUT2D eigenvalue weighted by molar-refractivity contribution is -0.121. The third-order valence-electron chi connectivity index (χ3n) is 3.47. The van der Waals surface area contributed by atoms with Gasteiger partial charge < -0.3 is 4.90 Å². The van der Waals surface area contributed by atoms with Crippen LogP contribution in [0.15, 0.2) is 23.3 Å². The van der Waals surface area contributed by atoms with E-state index in [1.165, 1.54) is 0 Å². The van der Waals surface area contributed by atoms with Crippen molar-refractivity contribution in [2.45, 2.75) is 26.7 Å². The predicted octanol–water partition coefficient (Wildman–Crippen LogP) is 2.44. The summed E-state index contributed by atoms with van der Waals surface area (Å²) in [6.07, 6.45) is 1.88. The molecule has 0 saturated heterocycles. The Morgan fingerprint density at radius 3 is 2.73 bits per heavy atom. The molecule has 0 saturated carbocycles. The van der Waals surface area contributed by atoms with Crippen LogP contribution >= 0.6 is 0 Å². The third-order valence-corrected chi connectivity index (χ3v) is 3.47. The van der Waals surface area contributed by atoms with Gasteiger partial charge in [-0.25, -0.2) is 0 Å². The summed E-state index contributed by atoms with van der Waals surface area (Å²) < 4.78 is 0. The van der Waals surface area contributed by atoms with Crippen LogP contribution in [0.4, 0.5) is 11.4 Å². The van der Waals surface area contributed by atoms with E-state index in [0.717, 1.165) is 24.1 Å². The van der Waals surface area contributed by atoms with Gasteiger partial charge in [0.2, 0.25) is 11.6 Å². The minimum absolute atomic E-state index is 0.0654. The van der Waals surface area contributed by atoms with Gasteiger partial charge in [0, 0.05) is 18.2 Å². The van der Waals surface area contributed by atoms with Crippen molar-refractivity contribution in [3.63, 3.8) is 0 Å². The molecule has 1 N–H and O–H groups in total. The number of anilines is 2. The number of hydrogen-bond donors (Lipinski definition) is 1. The van der Waals surface area contributed by atoms with Gasteiger partial charge in [0.05, 0.1) is 5.69 Å². The molecule has 0 spiro atoms. The lowest BCUT2D eigenvalue weighted by atomic mass is 9.99. The van der Waals surface area contributed by atoms with Gasteiger partial charge in [0.25, 0.3) is 0 Å². The highest BCUT2D eigenvalue weighted by molar-refractivity contribution is 6.10. The summed E-state index contributed by atoms with van der Waals surface area (Å²) in [5.41, 5.74) is 5.09. The Bertz CT molecular complexity index is 677. The molecule has 0 unspecified atom stereocenters. The predicted molar refractivity (Wildman–Crippen MR) is 84.2 cm³/mol. The molecular weight excluding hydrogens is 278 g/mol. The van der Waals surface area contributed by atoms with Crippen LogP contribution in [0.1, 0.15) is 25.8 Å². The molecule has 0 bridgehead atoms. The number of carbonyl (C=O) groups is 1. The van der Waals surface area contributed by atoms with Crippen molar-refractivity contribution < 1.29 is 4.79 Å². The zero-order chi connectivity index (χ0) is 16.1. The van der Waals surface area contributed by atoms with Crippen molar-refractivity contribution in [3.05, 3.63) is 23.8 Å². The molecule has 0 atom stereocenters. The van der Waals surface area contributed by atoms with Crippen LogP contribution in [0.5, 0.6) is 0 Å². The Morgan fingerprint density at radius 2 is 2.09 bits per heavy atom. The van der Waals surface area contributed by atoms with Gasteiger partial charge >= 0.3 is 0 Å². The van der Waals surface area contributed by atoms with Gasteiger partial charge in [0.1, 0.15) is 12.1 Å². The summed E-state index contributed by atoms with van der Waals surface area (Å²) in [5, 5.41) is 21.1. The van der Waals surface area contributed by atoms with E-state index in [-0.39, 0.29) is 17.5 Å². The van der Waals surface area contributed by atoms with Crippen LogP contribution < -0.4 is 10.3 Å². The molecule has 112 valence electrons. The van der Waals surface area contributed by atoms with Gasteiger partial charge in [-0.1, -0.05) is 19.9 Å². The topological polar surface area (TPSA) is 92.3 Å². The number of rotatable bonds is 3. The summed E-state index contributed by atoms with van der Waals surface area (Å²) in [5.74, 6) is 0.0284. The average molecular weight is 295 g/mol. The highest BCUT2D eigenvalue weighted by Crippen LogP contribution is 2.31. The molecule has 6 nitrogen and oxygen atoms in total. The molecule has 0 aromatic heterocycles. The van der Waals surface area contributed by atoms with E-state index in [1.54, 1.807) is 17.0 Å². The minimum Gasteiger partial charge on any atom is -0.312 e. The number of amides is 1. The van der Waals surface area contributed by atoms with Crippen molar-refractivity contribution in [1.82, 2.24) is 0 Å². The Morgan fingerprint density at radius 1 is 1.36 bits per heavy atom. The maximum atomic E-state index is 12.3. The molecule has 1 aromatic rings. The molecular formula is C16H17N5O. The molecule has 22 heavy (non-hydrogen) atoms. The Labute approximate surface area is 129 Å². The van der Waals surface area contributed by atoms with Crippen molar-refractivity contribution >= 4 is 23.0 Å². The first-order valence-electron chi connectivity index (χ1n) is 7.15. The maximum absolute atomic E-state index is 12.3. The third kappa shape index (κ3) is 3.24. The van der Waals surface area contributed by atoms with Gasteiger partial charge in [-0.2, -0.15) is 15.6 Å². The van der Waals surface area contributed by atoms with Crippen molar-refractivity contribution in [1.29, 1.82) is 10.5 Å². The number of nitrogens with zero attached hydrogens (tertiary/aromatic N) is 4. The largest absolute Gasteiger partial charge is 0.312 e. The summed E-state index contributed by atoms with van der Waals surface area (Å²) >= 11 is 0.